The van der Waals surface area contributed by atoms with Crippen LogP contribution in [0.4, 0.5) is 5.13 Å². The second kappa shape index (κ2) is 12.2. The largest absolute Gasteiger partial charge is 0.379 e. The number of sulfonamides is 1. The molecule has 2 aliphatic rings. The van der Waals surface area contributed by atoms with Gasteiger partial charge in [-0.2, -0.15) is 4.31 Å². The third kappa shape index (κ3) is 6.47. The van der Waals surface area contributed by atoms with Gasteiger partial charge >= 0.3 is 0 Å². The fraction of sp³-hybridized carbons (Fsp3) is 0.500. The van der Waals surface area contributed by atoms with Gasteiger partial charge in [0.2, 0.25) is 15.9 Å². The van der Waals surface area contributed by atoms with E-state index in [2.05, 4.69) is 30.9 Å². The van der Waals surface area contributed by atoms with Crippen molar-refractivity contribution in [2.75, 3.05) is 57.4 Å². The highest BCUT2D eigenvalue weighted by molar-refractivity contribution is 7.89. The van der Waals surface area contributed by atoms with Crippen LogP contribution in [0.5, 0.6) is 0 Å². The summed E-state index contributed by atoms with van der Waals surface area (Å²) in [5.41, 5.74) is 3.22. The van der Waals surface area contributed by atoms with Gasteiger partial charge in [0.25, 0.3) is 0 Å². The normalized spacial score (nSPS) is 18.0. The van der Waals surface area contributed by atoms with Gasteiger partial charge in [-0.1, -0.05) is 29.0 Å². The van der Waals surface area contributed by atoms with Crippen LogP contribution in [0.2, 0.25) is 5.02 Å². The molecule has 2 fully saturated rings. The van der Waals surface area contributed by atoms with Crippen molar-refractivity contribution in [3.8, 4) is 0 Å². The van der Waals surface area contributed by atoms with Crippen molar-refractivity contribution in [3.63, 3.8) is 0 Å². The van der Waals surface area contributed by atoms with Crippen molar-refractivity contribution in [2.45, 2.75) is 38.0 Å². The number of piperidine rings is 1. The van der Waals surface area contributed by atoms with Crippen LogP contribution in [-0.2, 0) is 19.6 Å². The van der Waals surface area contributed by atoms with Gasteiger partial charge < -0.3 is 4.74 Å². The number of hydrogen-bond donors (Lipinski definition) is 0. The summed E-state index contributed by atoms with van der Waals surface area (Å²) >= 11 is 7.50. The SMILES string of the molecule is Cc1cc(C)c2nc(N(CCCN3CCOCC3)C(=O)C3CCN(S(=O)(=O)c4ccc(Cl)cc4)CC3)sc2c1. The van der Waals surface area contributed by atoms with Gasteiger partial charge in [0, 0.05) is 50.2 Å². The van der Waals surface area contributed by atoms with Crippen molar-refractivity contribution in [1.29, 1.82) is 0 Å². The molecule has 2 aliphatic heterocycles. The number of aromatic nitrogens is 1. The molecule has 0 atom stereocenters. The molecule has 2 aromatic carbocycles. The Morgan fingerprint density at radius 3 is 2.49 bits per heavy atom. The molecule has 0 aliphatic carbocycles. The molecular formula is C28H35ClN4O4S2. The number of carbonyl (C=O) groups is 1. The third-order valence-corrected chi connectivity index (χ3v) is 10.7. The predicted octanol–water partition coefficient (Wildman–Crippen LogP) is 4.72. The monoisotopic (exact) mass is 590 g/mol. The summed E-state index contributed by atoms with van der Waals surface area (Å²) in [5, 5.41) is 1.22. The molecule has 1 aromatic heterocycles. The number of thiazole rings is 1. The Morgan fingerprint density at radius 2 is 1.79 bits per heavy atom. The summed E-state index contributed by atoms with van der Waals surface area (Å²) in [6, 6.07) is 10.5. The van der Waals surface area contributed by atoms with Crippen LogP contribution >= 0.6 is 22.9 Å². The number of aryl methyl sites for hydroxylation is 2. The van der Waals surface area contributed by atoms with E-state index in [1.54, 1.807) is 23.5 Å². The quantitative estimate of drug-likeness (QED) is 0.377. The van der Waals surface area contributed by atoms with Crippen LogP contribution in [0.15, 0.2) is 41.3 Å². The lowest BCUT2D eigenvalue weighted by Crippen LogP contribution is -2.45. The van der Waals surface area contributed by atoms with Gasteiger partial charge in [-0.25, -0.2) is 13.4 Å². The van der Waals surface area contributed by atoms with E-state index in [1.807, 2.05) is 4.90 Å². The minimum atomic E-state index is -3.63. The molecule has 0 saturated carbocycles. The summed E-state index contributed by atoms with van der Waals surface area (Å²) < 4.78 is 34.3. The molecular weight excluding hydrogens is 556 g/mol. The standard InChI is InChI=1S/C28H35ClN4O4S2/c1-20-18-21(2)26-25(19-20)38-28(30-26)33(11-3-10-31-14-16-37-17-15-31)27(34)22-8-12-32(13-9-22)39(35,36)24-6-4-23(29)5-7-24/h4-7,18-19,22H,3,8-17H2,1-2H3. The Balaban J connectivity index is 1.31. The highest BCUT2D eigenvalue weighted by Crippen LogP contribution is 2.34. The van der Waals surface area contributed by atoms with E-state index in [0.717, 1.165) is 60.2 Å². The van der Waals surface area contributed by atoms with Crippen LogP contribution in [-0.4, -0.2) is 81.0 Å². The van der Waals surface area contributed by atoms with Crippen LogP contribution in [0.3, 0.4) is 0 Å². The van der Waals surface area contributed by atoms with Crippen molar-refractivity contribution >= 4 is 54.2 Å². The van der Waals surface area contributed by atoms with E-state index >= 15 is 0 Å². The number of ether oxygens (including phenoxy) is 1. The van der Waals surface area contributed by atoms with Gasteiger partial charge in [0.05, 0.1) is 28.3 Å². The number of hydrogen-bond acceptors (Lipinski definition) is 7. The molecule has 39 heavy (non-hydrogen) atoms. The first-order chi connectivity index (χ1) is 18.7. The minimum Gasteiger partial charge on any atom is -0.379 e. The zero-order chi connectivity index (χ0) is 27.6. The number of fused-ring (bicyclic) bond motifs is 1. The minimum absolute atomic E-state index is 0.0361. The molecule has 1 amide bonds. The van der Waals surface area contributed by atoms with Crippen molar-refractivity contribution < 1.29 is 17.9 Å². The molecule has 2 saturated heterocycles. The van der Waals surface area contributed by atoms with E-state index in [0.29, 0.717) is 37.5 Å². The molecule has 3 aromatic rings. The Hall–Kier alpha value is -2.08. The zero-order valence-corrected chi connectivity index (χ0v) is 24.8. The Bertz CT molecular complexity index is 1410. The highest BCUT2D eigenvalue weighted by Gasteiger charge is 2.35. The molecule has 5 rings (SSSR count). The molecule has 0 N–H and O–H groups in total. The smallest absolute Gasteiger partial charge is 0.243 e. The van der Waals surface area contributed by atoms with E-state index in [-0.39, 0.29) is 16.7 Å². The number of halogens is 1. The van der Waals surface area contributed by atoms with Crippen LogP contribution in [0.25, 0.3) is 10.2 Å². The van der Waals surface area contributed by atoms with E-state index in [1.165, 1.54) is 22.0 Å². The van der Waals surface area contributed by atoms with Crippen LogP contribution in [0.1, 0.15) is 30.4 Å². The number of anilines is 1. The van der Waals surface area contributed by atoms with Crippen molar-refractivity contribution in [3.05, 3.63) is 52.5 Å². The fourth-order valence-corrected chi connectivity index (χ4v) is 8.14. The van der Waals surface area contributed by atoms with Crippen molar-refractivity contribution in [1.82, 2.24) is 14.2 Å². The molecule has 0 unspecified atom stereocenters. The average Bonchev–Trinajstić information content (AvgIpc) is 3.36. The Morgan fingerprint density at radius 1 is 1.10 bits per heavy atom. The molecule has 8 nitrogen and oxygen atoms in total. The van der Waals surface area contributed by atoms with E-state index < -0.39 is 10.0 Å². The average molecular weight is 591 g/mol. The topological polar surface area (TPSA) is 83.1 Å². The van der Waals surface area contributed by atoms with Gasteiger partial charge in [-0.05, 0) is 74.6 Å². The Labute approximate surface area is 239 Å². The number of carbonyl (C=O) groups excluding carboxylic acids is 1. The highest BCUT2D eigenvalue weighted by atomic mass is 35.5. The first-order valence-corrected chi connectivity index (χ1v) is 16.1. The van der Waals surface area contributed by atoms with Gasteiger partial charge in [-0.15, -0.1) is 0 Å². The molecule has 0 bridgehead atoms. The van der Waals surface area contributed by atoms with Crippen molar-refractivity contribution in [2.24, 2.45) is 5.92 Å². The number of rotatable bonds is 8. The number of benzene rings is 2. The molecule has 11 heteroatoms. The second-order valence-electron chi connectivity index (χ2n) is 10.4. The van der Waals surface area contributed by atoms with E-state index in [4.69, 9.17) is 21.3 Å². The maximum Gasteiger partial charge on any atom is 0.243 e. The second-order valence-corrected chi connectivity index (χ2v) is 13.7. The fourth-order valence-electron chi connectivity index (χ4n) is 5.37. The maximum absolute atomic E-state index is 13.9. The van der Waals surface area contributed by atoms with Crippen LogP contribution in [0, 0.1) is 19.8 Å². The summed E-state index contributed by atoms with van der Waals surface area (Å²) in [6.45, 7) is 9.53. The van der Waals surface area contributed by atoms with Gasteiger partial charge in [-0.3, -0.25) is 14.6 Å². The maximum atomic E-state index is 13.9. The van der Waals surface area contributed by atoms with Crippen LogP contribution < -0.4 is 4.90 Å². The predicted molar refractivity (Wildman–Crippen MR) is 156 cm³/mol. The molecule has 0 radical (unpaired) electrons. The number of nitrogens with zero attached hydrogens (tertiary/aromatic N) is 4. The third-order valence-electron chi connectivity index (χ3n) is 7.53. The molecule has 210 valence electrons. The number of amides is 1. The zero-order valence-electron chi connectivity index (χ0n) is 22.4. The summed E-state index contributed by atoms with van der Waals surface area (Å²) in [7, 11) is -3.63. The Kier molecular flexibility index (Phi) is 8.90. The first kappa shape index (κ1) is 28.4. The summed E-state index contributed by atoms with van der Waals surface area (Å²) in [4.78, 5) is 23.3. The molecule has 0 spiro atoms. The van der Waals surface area contributed by atoms with Gasteiger partial charge in [0.15, 0.2) is 5.13 Å². The van der Waals surface area contributed by atoms with E-state index in [9.17, 15) is 13.2 Å². The molecule has 3 heterocycles. The first-order valence-electron chi connectivity index (χ1n) is 13.5. The summed E-state index contributed by atoms with van der Waals surface area (Å²) in [6.07, 6.45) is 1.80. The lowest BCUT2D eigenvalue weighted by Gasteiger charge is -2.33. The number of morpholine rings is 1. The lowest BCUT2D eigenvalue weighted by molar-refractivity contribution is -0.123. The summed E-state index contributed by atoms with van der Waals surface area (Å²) in [5.74, 6) is -0.214. The van der Waals surface area contributed by atoms with Gasteiger partial charge in [0.1, 0.15) is 0 Å². The lowest BCUT2D eigenvalue weighted by atomic mass is 9.96.